The maximum absolute atomic E-state index is 12.7. The van der Waals surface area contributed by atoms with E-state index in [0.717, 1.165) is 16.9 Å². The van der Waals surface area contributed by atoms with Crippen molar-refractivity contribution in [3.63, 3.8) is 0 Å². The van der Waals surface area contributed by atoms with Crippen LogP contribution in [0, 0.1) is 0 Å². The van der Waals surface area contributed by atoms with Crippen molar-refractivity contribution in [3.05, 3.63) is 53.9 Å². The molecule has 26 heavy (non-hydrogen) atoms. The number of aromatic nitrogens is 1. The second kappa shape index (κ2) is 7.17. The molecule has 7 heteroatoms. The van der Waals surface area contributed by atoms with Gasteiger partial charge in [0.15, 0.2) is 0 Å². The van der Waals surface area contributed by atoms with E-state index in [1.54, 1.807) is 29.3 Å². The van der Waals surface area contributed by atoms with E-state index < -0.39 is 10.0 Å². The number of amides is 1. The van der Waals surface area contributed by atoms with Crippen molar-refractivity contribution < 1.29 is 13.2 Å². The summed E-state index contributed by atoms with van der Waals surface area (Å²) in [4.78, 5) is 18.0. The zero-order chi connectivity index (χ0) is 18.9. The normalized spacial score (nSPS) is 17.8. The molecule has 0 radical (unpaired) electrons. The number of nitrogens with zero attached hydrogens (tertiary/aromatic N) is 2. The molecule has 2 atom stereocenters. The number of benzene rings is 1. The van der Waals surface area contributed by atoms with Gasteiger partial charge in [0.1, 0.15) is 0 Å². The molecule has 0 saturated heterocycles. The molecule has 6 nitrogen and oxygen atoms in total. The standard InChI is InChI=1S/C19H23N3O3S/c1-13(10-17-6-4-5-9-20-17)21-26(24,25)18-7-8-19-16(12-18)11-14(2)22(19)15(3)23/h4-9,12-14,21H,10-11H2,1-3H3/t13-,14-/m1/s1. The van der Waals surface area contributed by atoms with Gasteiger partial charge in [-0.2, -0.15) is 0 Å². The number of hydrogen-bond acceptors (Lipinski definition) is 4. The lowest BCUT2D eigenvalue weighted by atomic mass is 10.1. The molecule has 2 heterocycles. The summed E-state index contributed by atoms with van der Waals surface area (Å²) in [6.45, 7) is 5.30. The SMILES string of the molecule is CC(=O)N1c2ccc(S(=O)(=O)N[C@H](C)Cc3ccccn3)cc2C[C@H]1C. The molecule has 2 aromatic rings. The number of hydrogen-bond donors (Lipinski definition) is 1. The van der Waals surface area contributed by atoms with Crippen LogP contribution in [0.4, 0.5) is 5.69 Å². The minimum atomic E-state index is -3.64. The predicted molar refractivity (Wildman–Crippen MR) is 100 cm³/mol. The number of carbonyl (C=O) groups is 1. The van der Waals surface area contributed by atoms with Crippen LogP contribution in [0.1, 0.15) is 32.0 Å². The molecule has 1 aromatic heterocycles. The fraction of sp³-hybridized carbons (Fsp3) is 0.368. The molecule has 0 saturated carbocycles. The van der Waals surface area contributed by atoms with E-state index in [-0.39, 0.29) is 22.9 Å². The Morgan fingerprint density at radius 1 is 1.35 bits per heavy atom. The highest BCUT2D eigenvalue weighted by Gasteiger charge is 2.30. The lowest BCUT2D eigenvalue weighted by Crippen LogP contribution is -2.34. The largest absolute Gasteiger partial charge is 0.309 e. The lowest BCUT2D eigenvalue weighted by Gasteiger charge is -2.20. The lowest BCUT2D eigenvalue weighted by molar-refractivity contribution is -0.116. The van der Waals surface area contributed by atoms with Gasteiger partial charge in [0.05, 0.1) is 4.90 Å². The first-order valence-corrected chi connectivity index (χ1v) is 10.1. The number of fused-ring (bicyclic) bond motifs is 1. The minimum Gasteiger partial charge on any atom is -0.309 e. The number of nitrogens with one attached hydrogen (secondary N) is 1. The molecule has 0 aliphatic carbocycles. The van der Waals surface area contributed by atoms with Crippen molar-refractivity contribution >= 4 is 21.6 Å². The quantitative estimate of drug-likeness (QED) is 0.872. The van der Waals surface area contributed by atoms with E-state index in [4.69, 9.17) is 0 Å². The van der Waals surface area contributed by atoms with Gasteiger partial charge in [-0.15, -0.1) is 0 Å². The van der Waals surface area contributed by atoms with Crippen LogP contribution >= 0.6 is 0 Å². The zero-order valence-electron chi connectivity index (χ0n) is 15.1. The summed E-state index contributed by atoms with van der Waals surface area (Å²) >= 11 is 0. The molecule has 1 aliphatic heterocycles. The van der Waals surface area contributed by atoms with Crippen molar-refractivity contribution in [1.29, 1.82) is 0 Å². The van der Waals surface area contributed by atoms with Crippen molar-refractivity contribution in [3.8, 4) is 0 Å². The Morgan fingerprint density at radius 3 is 2.77 bits per heavy atom. The molecule has 0 fully saturated rings. The van der Waals surface area contributed by atoms with Crippen molar-refractivity contribution in [2.75, 3.05) is 4.90 Å². The highest BCUT2D eigenvalue weighted by atomic mass is 32.2. The second-order valence-corrected chi connectivity index (χ2v) is 8.49. The third-order valence-corrected chi connectivity index (χ3v) is 6.10. The van der Waals surface area contributed by atoms with E-state index in [2.05, 4.69) is 9.71 Å². The van der Waals surface area contributed by atoms with Crippen LogP contribution in [-0.2, 0) is 27.7 Å². The van der Waals surface area contributed by atoms with Gasteiger partial charge in [0, 0.05) is 43.0 Å². The van der Waals surface area contributed by atoms with Crippen LogP contribution in [0.3, 0.4) is 0 Å². The van der Waals surface area contributed by atoms with Crippen LogP contribution in [0.5, 0.6) is 0 Å². The summed E-state index contributed by atoms with van der Waals surface area (Å²) in [6.07, 6.45) is 2.86. The number of sulfonamides is 1. The average molecular weight is 373 g/mol. The number of anilines is 1. The Morgan fingerprint density at radius 2 is 2.12 bits per heavy atom. The van der Waals surface area contributed by atoms with Gasteiger partial charge in [-0.1, -0.05) is 6.07 Å². The molecule has 1 aromatic carbocycles. The van der Waals surface area contributed by atoms with Gasteiger partial charge in [-0.25, -0.2) is 13.1 Å². The first kappa shape index (κ1) is 18.5. The third kappa shape index (κ3) is 3.78. The van der Waals surface area contributed by atoms with Gasteiger partial charge in [0.25, 0.3) is 0 Å². The molecule has 1 amide bonds. The van der Waals surface area contributed by atoms with Gasteiger partial charge in [0.2, 0.25) is 15.9 Å². The smallest absolute Gasteiger partial charge is 0.240 e. The summed E-state index contributed by atoms with van der Waals surface area (Å²) in [5.74, 6) is -0.0334. The van der Waals surface area contributed by atoms with E-state index in [1.165, 1.54) is 6.92 Å². The maximum Gasteiger partial charge on any atom is 0.240 e. The Bertz CT molecular complexity index is 913. The van der Waals surface area contributed by atoms with Crippen molar-refractivity contribution in [2.45, 2.75) is 50.6 Å². The molecule has 0 bridgehead atoms. The van der Waals surface area contributed by atoms with Gasteiger partial charge < -0.3 is 4.90 Å². The number of carbonyl (C=O) groups excluding carboxylic acids is 1. The predicted octanol–water partition coefficient (Wildman–Crippen LogP) is 2.29. The van der Waals surface area contributed by atoms with E-state index in [9.17, 15) is 13.2 Å². The summed E-state index contributed by atoms with van der Waals surface area (Å²) in [6, 6.07) is 10.3. The highest BCUT2D eigenvalue weighted by Crippen LogP contribution is 2.33. The van der Waals surface area contributed by atoms with Crippen LogP contribution in [0.15, 0.2) is 47.5 Å². The molecule has 0 unspecified atom stereocenters. The first-order chi connectivity index (χ1) is 12.3. The average Bonchev–Trinajstić information content (AvgIpc) is 2.90. The Labute approximate surface area is 154 Å². The third-order valence-electron chi connectivity index (χ3n) is 4.51. The molecule has 1 N–H and O–H groups in total. The Hall–Kier alpha value is -2.25. The molecular formula is C19H23N3O3S. The molecule has 3 rings (SSSR count). The van der Waals surface area contributed by atoms with E-state index in [0.29, 0.717) is 12.8 Å². The summed E-state index contributed by atoms with van der Waals surface area (Å²) < 4.78 is 28.1. The fourth-order valence-corrected chi connectivity index (χ4v) is 4.76. The van der Waals surface area contributed by atoms with Crippen LogP contribution in [-0.4, -0.2) is 31.4 Å². The van der Waals surface area contributed by atoms with Crippen molar-refractivity contribution in [2.24, 2.45) is 0 Å². The summed E-state index contributed by atoms with van der Waals surface area (Å²) in [5, 5.41) is 0. The Kier molecular flexibility index (Phi) is 5.11. The van der Waals surface area contributed by atoms with Crippen molar-refractivity contribution in [1.82, 2.24) is 9.71 Å². The summed E-state index contributed by atoms with van der Waals surface area (Å²) in [7, 11) is -3.64. The molecular weight excluding hydrogens is 350 g/mol. The van der Waals surface area contributed by atoms with Crippen LogP contribution in [0.25, 0.3) is 0 Å². The molecule has 1 aliphatic rings. The second-order valence-electron chi connectivity index (χ2n) is 6.78. The Balaban J connectivity index is 1.78. The van der Waals surface area contributed by atoms with Gasteiger partial charge >= 0.3 is 0 Å². The zero-order valence-corrected chi connectivity index (χ0v) is 16.0. The van der Waals surface area contributed by atoms with Gasteiger partial charge in [-0.3, -0.25) is 9.78 Å². The molecule has 138 valence electrons. The van der Waals surface area contributed by atoms with Gasteiger partial charge in [-0.05, 0) is 56.2 Å². The molecule has 0 spiro atoms. The minimum absolute atomic E-state index is 0.0334. The maximum atomic E-state index is 12.7. The number of rotatable bonds is 5. The summed E-state index contributed by atoms with van der Waals surface area (Å²) in [5.41, 5.74) is 2.51. The van der Waals surface area contributed by atoms with Crippen LogP contribution in [0.2, 0.25) is 0 Å². The monoisotopic (exact) mass is 373 g/mol. The van der Waals surface area contributed by atoms with E-state index in [1.807, 2.05) is 32.0 Å². The first-order valence-electron chi connectivity index (χ1n) is 8.63. The van der Waals surface area contributed by atoms with Crippen LogP contribution < -0.4 is 9.62 Å². The number of pyridine rings is 1. The van der Waals surface area contributed by atoms with E-state index >= 15 is 0 Å². The fourth-order valence-electron chi connectivity index (χ4n) is 3.46. The highest BCUT2D eigenvalue weighted by molar-refractivity contribution is 7.89. The topological polar surface area (TPSA) is 79.4 Å².